The number of carbonyl (C=O) groups excluding carboxylic acids is 1. The van der Waals surface area contributed by atoms with Gasteiger partial charge in [0.05, 0.1) is 5.41 Å². The quantitative estimate of drug-likeness (QED) is 0.700. The highest BCUT2D eigenvalue weighted by Crippen LogP contribution is 2.57. The molecule has 1 nitrogen and oxygen atoms in total. The number of hydrogen-bond donors (Lipinski definition) is 0. The molecule has 0 heterocycles. The lowest BCUT2D eigenvalue weighted by Crippen LogP contribution is -2.29. The summed E-state index contributed by atoms with van der Waals surface area (Å²) >= 11 is 0. The molecule has 0 radical (unpaired) electrons. The van der Waals surface area contributed by atoms with E-state index in [0.717, 1.165) is 6.92 Å². The van der Waals surface area contributed by atoms with E-state index in [0.29, 0.717) is 30.3 Å². The normalized spacial score (nSPS) is 18.6. The Bertz CT molecular complexity index is 372. The number of alkyl halides is 2. The molecule has 0 amide bonds. The summed E-state index contributed by atoms with van der Waals surface area (Å²) in [5, 5.41) is 0. The van der Waals surface area contributed by atoms with Crippen LogP contribution in [0.4, 0.5) is 8.78 Å². The zero-order valence-corrected chi connectivity index (χ0v) is 8.47. The van der Waals surface area contributed by atoms with Gasteiger partial charge in [-0.2, -0.15) is 0 Å². The van der Waals surface area contributed by atoms with Gasteiger partial charge in [0.1, 0.15) is 6.29 Å². The minimum atomic E-state index is -2.68. The number of hydrogen-bond acceptors (Lipinski definition) is 1. The van der Waals surface area contributed by atoms with Crippen molar-refractivity contribution in [2.75, 3.05) is 0 Å². The zero-order chi connectivity index (χ0) is 11.1. The van der Waals surface area contributed by atoms with Crippen LogP contribution in [-0.2, 0) is 5.41 Å². The van der Waals surface area contributed by atoms with Crippen LogP contribution in [0.1, 0.15) is 35.7 Å². The second-order valence-corrected chi connectivity index (χ2v) is 4.21. The molecule has 1 aromatic rings. The molecule has 2 rings (SSSR count). The summed E-state index contributed by atoms with van der Waals surface area (Å²) in [6, 6.07) is 6.45. The Hall–Kier alpha value is -1.25. The summed E-state index contributed by atoms with van der Waals surface area (Å²) in [5.41, 5.74) is 0.184. The summed E-state index contributed by atoms with van der Waals surface area (Å²) in [5.74, 6) is -2.68. The standard InChI is InChI=1S/C12H12F2O/c1-11(13,14)12(6-7-12)10-4-2-9(8-15)3-5-10/h2-5,8H,6-7H2,1H3. The molecule has 0 aliphatic heterocycles. The molecular formula is C12H12F2O. The van der Waals surface area contributed by atoms with E-state index in [1.807, 2.05) is 0 Å². The second kappa shape index (κ2) is 3.12. The van der Waals surface area contributed by atoms with Crippen LogP contribution in [-0.4, -0.2) is 12.2 Å². The van der Waals surface area contributed by atoms with Gasteiger partial charge in [0.15, 0.2) is 0 Å². The second-order valence-electron chi connectivity index (χ2n) is 4.21. The average molecular weight is 210 g/mol. The summed E-state index contributed by atoms with van der Waals surface area (Å²) in [6.07, 6.45) is 1.77. The molecule has 1 aliphatic carbocycles. The number of rotatable bonds is 3. The molecule has 0 unspecified atom stereocenters. The molecule has 80 valence electrons. The van der Waals surface area contributed by atoms with Gasteiger partial charge in [0.2, 0.25) is 0 Å². The van der Waals surface area contributed by atoms with Gasteiger partial charge in [-0.05, 0) is 18.4 Å². The largest absolute Gasteiger partial charge is 0.298 e. The summed E-state index contributed by atoms with van der Waals surface area (Å²) < 4.78 is 26.7. The first kappa shape index (κ1) is 10.3. The molecule has 1 fully saturated rings. The van der Waals surface area contributed by atoms with Crippen LogP contribution in [0.15, 0.2) is 24.3 Å². The molecule has 0 saturated heterocycles. The van der Waals surface area contributed by atoms with Crippen LogP contribution < -0.4 is 0 Å². The summed E-state index contributed by atoms with van der Waals surface area (Å²) in [6.45, 7) is 0.966. The maximum atomic E-state index is 13.4. The molecule has 3 heteroatoms. The first-order valence-corrected chi connectivity index (χ1v) is 4.93. The number of halogens is 2. The number of carbonyl (C=O) groups is 1. The molecule has 0 aromatic heterocycles. The molecule has 1 aliphatic rings. The van der Waals surface area contributed by atoms with Crippen LogP contribution in [0.2, 0.25) is 0 Å². The van der Waals surface area contributed by atoms with Crippen molar-refractivity contribution >= 4 is 6.29 Å². The Balaban J connectivity index is 2.34. The van der Waals surface area contributed by atoms with E-state index in [9.17, 15) is 13.6 Å². The molecular weight excluding hydrogens is 198 g/mol. The highest BCUT2D eigenvalue weighted by Gasteiger charge is 2.59. The highest BCUT2D eigenvalue weighted by molar-refractivity contribution is 5.74. The maximum absolute atomic E-state index is 13.4. The van der Waals surface area contributed by atoms with Gasteiger partial charge in [-0.3, -0.25) is 4.79 Å². The van der Waals surface area contributed by atoms with Gasteiger partial charge < -0.3 is 0 Å². The van der Waals surface area contributed by atoms with E-state index in [1.165, 1.54) is 0 Å². The third-order valence-corrected chi connectivity index (χ3v) is 3.19. The Labute approximate surface area is 87.1 Å². The van der Waals surface area contributed by atoms with Crippen molar-refractivity contribution in [3.8, 4) is 0 Å². The van der Waals surface area contributed by atoms with E-state index in [4.69, 9.17) is 0 Å². The summed E-state index contributed by atoms with van der Waals surface area (Å²) in [4.78, 5) is 10.4. The van der Waals surface area contributed by atoms with Gasteiger partial charge in [-0.25, -0.2) is 8.78 Å². The molecule has 0 bridgehead atoms. The van der Waals surface area contributed by atoms with E-state index in [2.05, 4.69) is 0 Å². The predicted molar refractivity (Wildman–Crippen MR) is 53.4 cm³/mol. The van der Waals surface area contributed by atoms with Gasteiger partial charge in [0.25, 0.3) is 5.92 Å². The smallest absolute Gasteiger partial charge is 0.254 e. The first-order valence-electron chi connectivity index (χ1n) is 4.93. The zero-order valence-electron chi connectivity index (χ0n) is 8.47. The lowest BCUT2D eigenvalue weighted by molar-refractivity contribution is -0.0199. The average Bonchev–Trinajstić information content (AvgIpc) is 2.98. The van der Waals surface area contributed by atoms with Crippen molar-refractivity contribution in [2.24, 2.45) is 0 Å². The van der Waals surface area contributed by atoms with Crippen LogP contribution >= 0.6 is 0 Å². The van der Waals surface area contributed by atoms with Gasteiger partial charge >= 0.3 is 0 Å². The molecule has 15 heavy (non-hydrogen) atoms. The van der Waals surface area contributed by atoms with E-state index >= 15 is 0 Å². The Morgan fingerprint density at radius 1 is 1.27 bits per heavy atom. The van der Waals surface area contributed by atoms with E-state index in [1.54, 1.807) is 24.3 Å². The van der Waals surface area contributed by atoms with Crippen molar-refractivity contribution in [1.29, 1.82) is 0 Å². The molecule has 1 saturated carbocycles. The fourth-order valence-electron chi connectivity index (χ4n) is 1.99. The van der Waals surface area contributed by atoms with Crippen LogP contribution in [0, 0.1) is 0 Å². The third kappa shape index (κ3) is 1.56. The van der Waals surface area contributed by atoms with Gasteiger partial charge in [-0.15, -0.1) is 0 Å². The van der Waals surface area contributed by atoms with Gasteiger partial charge in [0, 0.05) is 12.5 Å². The predicted octanol–water partition coefficient (Wildman–Crippen LogP) is 3.19. The molecule has 0 atom stereocenters. The Morgan fingerprint density at radius 3 is 2.13 bits per heavy atom. The molecule has 0 spiro atoms. The number of aldehydes is 1. The fraction of sp³-hybridized carbons (Fsp3) is 0.417. The van der Waals surface area contributed by atoms with E-state index < -0.39 is 11.3 Å². The monoisotopic (exact) mass is 210 g/mol. The topological polar surface area (TPSA) is 17.1 Å². The third-order valence-electron chi connectivity index (χ3n) is 3.19. The maximum Gasteiger partial charge on any atom is 0.254 e. The van der Waals surface area contributed by atoms with Crippen molar-refractivity contribution in [3.63, 3.8) is 0 Å². The molecule has 1 aromatic carbocycles. The lowest BCUT2D eigenvalue weighted by atomic mass is 9.89. The van der Waals surface area contributed by atoms with Gasteiger partial charge in [-0.1, -0.05) is 24.3 Å². The first-order chi connectivity index (χ1) is 6.99. The van der Waals surface area contributed by atoms with Crippen molar-refractivity contribution in [3.05, 3.63) is 35.4 Å². The SMILES string of the molecule is CC(F)(F)C1(c2ccc(C=O)cc2)CC1. The van der Waals surface area contributed by atoms with Crippen LogP contribution in [0.5, 0.6) is 0 Å². The van der Waals surface area contributed by atoms with E-state index in [-0.39, 0.29) is 0 Å². The molecule has 0 N–H and O–H groups in total. The Kier molecular flexibility index (Phi) is 2.14. The minimum absolute atomic E-state index is 0.522. The fourth-order valence-corrected chi connectivity index (χ4v) is 1.99. The van der Waals surface area contributed by atoms with Crippen LogP contribution in [0.3, 0.4) is 0 Å². The number of benzene rings is 1. The lowest BCUT2D eigenvalue weighted by Gasteiger charge is -2.23. The van der Waals surface area contributed by atoms with Crippen molar-refractivity contribution in [1.82, 2.24) is 0 Å². The minimum Gasteiger partial charge on any atom is -0.298 e. The highest BCUT2D eigenvalue weighted by atomic mass is 19.3. The van der Waals surface area contributed by atoms with Crippen molar-refractivity contribution in [2.45, 2.75) is 31.1 Å². The van der Waals surface area contributed by atoms with Crippen molar-refractivity contribution < 1.29 is 13.6 Å². The Morgan fingerprint density at radius 2 is 1.80 bits per heavy atom. The summed E-state index contributed by atoms with van der Waals surface area (Å²) in [7, 11) is 0. The van der Waals surface area contributed by atoms with Crippen LogP contribution in [0.25, 0.3) is 0 Å².